The first-order valence-electron chi connectivity index (χ1n) is 8.05. The van der Waals surface area contributed by atoms with Crippen LogP contribution in [-0.2, 0) is 6.54 Å². The van der Waals surface area contributed by atoms with Crippen molar-refractivity contribution in [2.45, 2.75) is 25.5 Å². The van der Waals surface area contributed by atoms with Gasteiger partial charge in [0.05, 0.1) is 6.10 Å². The molecule has 1 aliphatic rings. The highest BCUT2D eigenvalue weighted by molar-refractivity contribution is 6.07. The Kier molecular flexibility index (Phi) is 3.63. The van der Waals surface area contributed by atoms with Gasteiger partial charge in [0, 0.05) is 24.5 Å². The zero-order chi connectivity index (χ0) is 15.8. The number of benzene rings is 2. The lowest BCUT2D eigenvalue weighted by Gasteiger charge is -2.30. The standard InChI is InChI=1S/C19H19NO3/c21-15-5-3-9-20(12-15)11-14-10-18(22)23-17-8-7-13-4-1-2-6-16(13)19(14)17/h1-2,4,6-8,10,15,21H,3,5,9,11-12H2. The third kappa shape index (κ3) is 2.76. The van der Waals surface area contributed by atoms with Crippen molar-refractivity contribution < 1.29 is 9.52 Å². The molecular weight excluding hydrogens is 290 g/mol. The second kappa shape index (κ2) is 5.80. The molecule has 0 radical (unpaired) electrons. The highest BCUT2D eigenvalue weighted by atomic mass is 16.4. The van der Waals surface area contributed by atoms with Crippen LogP contribution in [0.5, 0.6) is 0 Å². The van der Waals surface area contributed by atoms with Gasteiger partial charge < -0.3 is 9.52 Å². The van der Waals surface area contributed by atoms with E-state index in [1.165, 1.54) is 0 Å². The number of aliphatic hydroxyl groups excluding tert-OH is 1. The zero-order valence-corrected chi connectivity index (χ0v) is 12.9. The number of aliphatic hydroxyl groups is 1. The van der Waals surface area contributed by atoms with Crippen molar-refractivity contribution in [3.05, 3.63) is 58.4 Å². The van der Waals surface area contributed by atoms with Crippen LogP contribution in [0.15, 0.2) is 51.7 Å². The summed E-state index contributed by atoms with van der Waals surface area (Å²) in [4.78, 5) is 14.1. The van der Waals surface area contributed by atoms with Gasteiger partial charge in [-0.2, -0.15) is 0 Å². The number of likely N-dealkylation sites (tertiary alicyclic amines) is 1. The summed E-state index contributed by atoms with van der Waals surface area (Å²) >= 11 is 0. The van der Waals surface area contributed by atoms with Crippen LogP contribution < -0.4 is 5.63 Å². The van der Waals surface area contributed by atoms with E-state index in [4.69, 9.17) is 4.42 Å². The molecule has 1 atom stereocenters. The van der Waals surface area contributed by atoms with E-state index in [1.807, 2.05) is 24.3 Å². The minimum absolute atomic E-state index is 0.271. The molecule has 0 amide bonds. The minimum Gasteiger partial charge on any atom is -0.423 e. The average Bonchev–Trinajstić information content (AvgIpc) is 2.54. The molecule has 4 rings (SSSR count). The molecule has 4 nitrogen and oxygen atoms in total. The molecule has 2 heterocycles. The van der Waals surface area contributed by atoms with Crippen LogP contribution in [0.4, 0.5) is 0 Å². The lowest BCUT2D eigenvalue weighted by Crippen LogP contribution is -2.37. The maximum absolute atomic E-state index is 11.9. The minimum atomic E-state index is -0.319. The molecule has 1 saturated heterocycles. The van der Waals surface area contributed by atoms with Gasteiger partial charge in [0.2, 0.25) is 0 Å². The fourth-order valence-corrected chi connectivity index (χ4v) is 3.56. The van der Waals surface area contributed by atoms with Gasteiger partial charge in [0.25, 0.3) is 0 Å². The summed E-state index contributed by atoms with van der Waals surface area (Å²) in [7, 11) is 0. The van der Waals surface area contributed by atoms with E-state index in [0.29, 0.717) is 18.7 Å². The summed E-state index contributed by atoms with van der Waals surface area (Å²) in [6, 6.07) is 13.6. The number of rotatable bonds is 2. The maximum atomic E-state index is 11.9. The molecule has 3 aromatic rings. The summed E-state index contributed by atoms with van der Waals surface area (Å²) in [6.45, 7) is 2.27. The molecule has 0 saturated carbocycles. The van der Waals surface area contributed by atoms with Crippen LogP contribution in [0.2, 0.25) is 0 Å². The van der Waals surface area contributed by atoms with E-state index in [1.54, 1.807) is 6.07 Å². The van der Waals surface area contributed by atoms with E-state index in [2.05, 4.69) is 17.0 Å². The summed E-state index contributed by atoms with van der Waals surface area (Å²) < 4.78 is 5.40. The summed E-state index contributed by atoms with van der Waals surface area (Å²) in [6.07, 6.45) is 1.57. The zero-order valence-electron chi connectivity index (χ0n) is 12.9. The smallest absolute Gasteiger partial charge is 0.336 e. The first-order chi connectivity index (χ1) is 11.2. The predicted molar refractivity (Wildman–Crippen MR) is 90.5 cm³/mol. The van der Waals surface area contributed by atoms with Crippen molar-refractivity contribution in [3.63, 3.8) is 0 Å². The first kappa shape index (κ1) is 14.4. The Morgan fingerprint density at radius 3 is 2.96 bits per heavy atom. The highest BCUT2D eigenvalue weighted by Crippen LogP contribution is 2.28. The Hall–Kier alpha value is -2.17. The topological polar surface area (TPSA) is 53.7 Å². The molecule has 2 aromatic carbocycles. The second-order valence-electron chi connectivity index (χ2n) is 6.28. The molecule has 1 aromatic heterocycles. The Morgan fingerprint density at radius 2 is 2.09 bits per heavy atom. The molecular formula is C19H19NO3. The number of nitrogens with zero attached hydrogens (tertiary/aromatic N) is 1. The Morgan fingerprint density at radius 1 is 1.22 bits per heavy atom. The Bertz CT molecular complexity index is 915. The molecule has 4 heteroatoms. The van der Waals surface area contributed by atoms with Gasteiger partial charge in [0.1, 0.15) is 5.58 Å². The van der Waals surface area contributed by atoms with Crippen LogP contribution in [-0.4, -0.2) is 29.2 Å². The second-order valence-corrected chi connectivity index (χ2v) is 6.28. The van der Waals surface area contributed by atoms with Crippen molar-refractivity contribution in [3.8, 4) is 0 Å². The number of hydrogen-bond acceptors (Lipinski definition) is 4. The summed E-state index contributed by atoms with van der Waals surface area (Å²) in [5, 5.41) is 13.1. The number of hydrogen-bond donors (Lipinski definition) is 1. The van der Waals surface area contributed by atoms with Crippen LogP contribution in [0.25, 0.3) is 21.7 Å². The van der Waals surface area contributed by atoms with Crippen LogP contribution in [0.1, 0.15) is 18.4 Å². The van der Waals surface area contributed by atoms with Gasteiger partial charge in [-0.05, 0) is 41.8 Å². The average molecular weight is 309 g/mol. The van der Waals surface area contributed by atoms with E-state index >= 15 is 0 Å². The lowest BCUT2D eigenvalue weighted by atomic mass is 10.0. The van der Waals surface area contributed by atoms with Gasteiger partial charge in [-0.25, -0.2) is 4.79 Å². The number of β-amino-alcohol motifs (C(OH)–C–C–N with tert-alkyl or cyclic N) is 1. The van der Waals surface area contributed by atoms with Gasteiger partial charge in [-0.1, -0.05) is 30.3 Å². The highest BCUT2D eigenvalue weighted by Gasteiger charge is 2.19. The fourth-order valence-electron chi connectivity index (χ4n) is 3.56. The molecule has 0 spiro atoms. The molecule has 23 heavy (non-hydrogen) atoms. The monoisotopic (exact) mass is 309 g/mol. The van der Waals surface area contributed by atoms with E-state index in [0.717, 1.165) is 41.1 Å². The van der Waals surface area contributed by atoms with Crippen molar-refractivity contribution in [1.82, 2.24) is 4.90 Å². The molecule has 0 aliphatic carbocycles. The summed E-state index contributed by atoms with van der Waals surface area (Å²) in [5.74, 6) is 0. The van der Waals surface area contributed by atoms with Gasteiger partial charge in [-0.15, -0.1) is 0 Å². The summed E-state index contributed by atoms with van der Waals surface area (Å²) in [5.41, 5.74) is 1.28. The maximum Gasteiger partial charge on any atom is 0.336 e. The lowest BCUT2D eigenvalue weighted by molar-refractivity contribution is 0.0670. The van der Waals surface area contributed by atoms with Gasteiger partial charge in [0.15, 0.2) is 0 Å². The Balaban J connectivity index is 1.87. The third-order valence-electron chi connectivity index (χ3n) is 4.59. The first-order valence-corrected chi connectivity index (χ1v) is 8.05. The van der Waals surface area contributed by atoms with E-state index in [9.17, 15) is 9.90 Å². The molecule has 1 unspecified atom stereocenters. The van der Waals surface area contributed by atoms with Crippen LogP contribution >= 0.6 is 0 Å². The third-order valence-corrected chi connectivity index (χ3v) is 4.59. The Labute approximate surface area is 133 Å². The number of fused-ring (bicyclic) bond motifs is 3. The van der Waals surface area contributed by atoms with Crippen molar-refractivity contribution >= 4 is 21.7 Å². The van der Waals surface area contributed by atoms with Crippen molar-refractivity contribution in [2.24, 2.45) is 0 Å². The van der Waals surface area contributed by atoms with Gasteiger partial charge >= 0.3 is 5.63 Å². The van der Waals surface area contributed by atoms with Crippen molar-refractivity contribution in [1.29, 1.82) is 0 Å². The van der Waals surface area contributed by atoms with Crippen molar-refractivity contribution in [2.75, 3.05) is 13.1 Å². The molecule has 1 N–H and O–H groups in total. The quantitative estimate of drug-likeness (QED) is 0.584. The van der Waals surface area contributed by atoms with E-state index in [-0.39, 0.29) is 11.7 Å². The molecule has 0 bridgehead atoms. The van der Waals surface area contributed by atoms with Crippen LogP contribution in [0, 0.1) is 0 Å². The number of piperidine rings is 1. The predicted octanol–water partition coefficient (Wildman–Crippen LogP) is 2.90. The molecule has 118 valence electrons. The van der Waals surface area contributed by atoms with E-state index < -0.39 is 0 Å². The SMILES string of the molecule is O=c1cc(CN2CCCC(O)C2)c2c(ccc3ccccc32)o1. The van der Waals surface area contributed by atoms with Gasteiger partial charge in [-0.3, -0.25) is 4.90 Å². The molecule has 1 aliphatic heterocycles. The largest absolute Gasteiger partial charge is 0.423 e. The molecule has 1 fully saturated rings. The van der Waals surface area contributed by atoms with Crippen LogP contribution in [0.3, 0.4) is 0 Å². The normalized spacial score (nSPS) is 19.4. The fraction of sp³-hybridized carbons (Fsp3) is 0.316.